The maximum atomic E-state index is 9.92. The number of benzene rings is 7. The zero-order valence-electron chi connectivity index (χ0n) is 26.2. The van der Waals surface area contributed by atoms with Crippen LogP contribution in [-0.2, 0) is 0 Å². The van der Waals surface area contributed by atoms with Gasteiger partial charge in [0.05, 0.1) is 11.6 Å². The lowest BCUT2D eigenvalue weighted by atomic mass is 9.92. The molecule has 0 amide bonds. The SMILES string of the molecule is N#Cc1cccc2oc3c4ccccc4c(-c4cccc(-c5cccc(-c6nc(-c7ccccc7)nc(-c7ccccc7)n6)c5)c4)cc3c12. The molecule has 7 aromatic carbocycles. The summed E-state index contributed by atoms with van der Waals surface area (Å²) in [6, 6.07) is 55.4. The number of nitrogens with zero attached hydrogens (tertiary/aromatic N) is 4. The van der Waals surface area contributed by atoms with Crippen LogP contribution in [0.25, 0.3) is 89.1 Å². The predicted molar refractivity (Wildman–Crippen MR) is 197 cm³/mol. The van der Waals surface area contributed by atoms with Gasteiger partial charge in [0.15, 0.2) is 17.5 Å². The third-order valence-corrected chi connectivity index (χ3v) is 8.95. The highest BCUT2D eigenvalue weighted by Crippen LogP contribution is 2.41. The van der Waals surface area contributed by atoms with Crippen molar-refractivity contribution >= 4 is 32.7 Å². The zero-order chi connectivity index (χ0) is 32.7. The van der Waals surface area contributed by atoms with Gasteiger partial charge >= 0.3 is 0 Å². The minimum Gasteiger partial charge on any atom is -0.455 e. The maximum Gasteiger partial charge on any atom is 0.164 e. The largest absolute Gasteiger partial charge is 0.455 e. The van der Waals surface area contributed by atoms with Crippen molar-refractivity contribution in [1.82, 2.24) is 15.0 Å². The van der Waals surface area contributed by atoms with Crippen LogP contribution in [0, 0.1) is 11.3 Å². The van der Waals surface area contributed by atoms with E-state index in [4.69, 9.17) is 19.4 Å². The Morgan fingerprint density at radius 2 is 0.939 bits per heavy atom. The van der Waals surface area contributed by atoms with Crippen LogP contribution in [0.5, 0.6) is 0 Å². The van der Waals surface area contributed by atoms with Gasteiger partial charge < -0.3 is 4.42 Å². The molecule has 2 heterocycles. The highest BCUT2D eigenvalue weighted by Gasteiger charge is 2.18. The number of hydrogen-bond acceptors (Lipinski definition) is 5. The second kappa shape index (κ2) is 11.7. The molecular formula is C44H26N4O. The number of aromatic nitrogens is 3. The predicted octanol–water partition coefficient (Wildman–Crippen LogP) is 11.1. The third-order valence-electron chi connectivity index (χ3n) is 8.95. The van der Waals surface area contributed by atoms with E-state index in [0.717, 1.165) is 66.1 Å². The number of hydrogen-bond donors (Lipinski definition) is 0. The normalized spacial score (nSPS) is 11.2. The number of fused-ring (bicyclic) bond motifs is 5. The van der Waals surface area contributed by atoms with Crippen LogP contribution in [0.3, 0.4) is 0 Å². The summed E-state index contributed by atoms with van der Waals surface area (Å²) in [5, 5.41) is 13.8. The van der Waals surface area contributed by atoms with Crippen LogP contribution in [-0.4, -0.2) is 15.0 Å². The van der Waals surface area contributed by atoms with Crippen molar-refractivity contribution in [3.63, 3.8) is 0 Å². The molecule has 0 aliphatic rings. The summed E-state index contributed by atoms with van der Waals surface area (Å²) in [7, 11) is 0. The van der Waals surface area contributed by atoms with Crippen LogP contribution >= 0.6 is 0 Å². The molecule has 5 heteroatoms. The fraction of sp³-hybridized carbons (Fsp3) is 0. The van der Waals surface area contributed by atoms with Gasteiger partial charge in [-0.15, -0.1) is 0 Å². The van der Waals surface area contributed by atoms with Gasteiger partial charge in [0.1, 0.15) is 11.2 Å². The third kappa shape index (κ3) is 5.00. The van der Waals surface area contributed by atoms with Gasteiger partial charge in [-0.3, -0.25) is 0 Å². The second-order valence-electron chi connectivity index (χ2n) is 11.9. The van der Waals surface area contributed by atoms with Crippen LogP contribution in [0.1, 0.15) is 5.56 Å². The van der Waals surface area contributed by atoms with Gasteiger partial charge in [-0.25, -0.2) is 15.0 Å². The van der Waals surface area contributed by atoms with Gasteiger partial charge in [-0.05, 0) is 58.0 Å². The molecule has 0 unspecified atom stereocenters. The molecule has 0 radical (unpaired) electrons. The van der Waals surface area contributed by atoms with Gasteiger partial charge in [0.25, 0.3) is 0 Å². The molecule has 0 saturated carbocycles. The molecule has 0 spiro atoms. The number of furan rings is 1. The van der Waals surface area contributed by atoms with Gasteiger partial charge in [0.2, 0.25) is 0 Å². The first kappa shape index (κ1) is 28.3. The Kier molecular flexibility index (Phi) is 6.78. The van der Waals surface area contributed by atoms with Gasteiger partial charge in [-0.1, -0.05) is 127 Å². The topological polar surface area (TPSA) is 75.6 Å². The fourth-order valence-electron chi connectivity index (χ4n) is 6.62. The van der Waals surface area contributed by atoms with E-state index in [1.165, 1.54) is 0 Å². The fourth-order valence-corrected chi connectivity index (χ4v) is 6.62. The Morgan fingerprint density at radius 1 is 0.429 bits per heavy atom. The molecule has 0 fully saturated rings. The lowest BCUT2D eigenvalue weighted by molar-refractivity contribution is 0.672. The van der Waals surface area contributed by atoms with Crippen LogP contribution < -0.4 is 0 Å². The molecule has 0 N–H and O–H groups in total. The number of nitriles is 1. The van der Waals surface area contributed by atoms with E-state index in [-0.39, 0.29) is 0 Å². The van der Waals surface area contributed by atoms with Crippen LogP contribution in [0.4, 0.5) is 0 Å². The summed E-state index contributed by atoms with van der Waals surface area (Å²) in [6.07, 6.45) is 0. The molecule has 0 saturated heterocycles. The Bertz CT molecular complexity index is 2670. The molecule has 0 bridgehead atoms. The maximum absolute atomic E-state index is 9.92. The van der Waals surface area contributed by atoms with E-state index in [1.807, 2.05) is 97.1 Å². The summed E-state index contributed by atoms with van der Waals surface area (Å²) in [6.45, 7) is 0. The van der Waals surface area contributed by atoms with E-state index in [1.54, 1.807) is 0 Å². The summed E-state index contributed by atoms with van der Waals surface area (Å²) in [5.74, 6) is 1.87. The first-order valence-electron chi connectivity index (χ1n) is 16.1. The van der Waals surface area contributed by atoms with Crippen LogP contribution in [0.2, 0.25) is 0 Å². The summed E-state index contributed by atoms with van der Waals surface area (Å²) in [5.41, 5.74) is 9.15. The second-order valence-corrected chi connectivity index (χ2v) is 11.9. The smallest absolute Gasteiger partial charge is 0.164 e. The van der Waals surface area contributed by atoms with Crippen molar-refractivity contribution < 1.29 is 4.42 Å². The van der Waals surface area contributed by atoms with Crippen molar-refractivity contribution in [2.24, 2.45) is 0 Å². The first-order chi connectivity index (χ1) is 24.2. The Balaban J connectivity index is 1.18. The molecule has 228 valence electrons. The molecular weight excluding hydrogens is 601 g/mol. The standard InChI is InChI=1S/C44H26N4O/c45-27-34-20-11-23-39-40(34)38-26-37(35-21-7-8-22-36(35)41(38)49-39)32-18-9-16-30(24-32)31-17-10-19-33(25-31)44-47-42(28-12-3-1-4-13-28)46-43(48-44)29-14-5-2-6-15-29/h1-26H. The Hall–Kier alpha value is -6.90. The molecule has 0 atom stereocenters. The highest BCUT2D eigenvalue weighted by atomic mass is 16.3. The molecule has 5 nitrogen and oxygen atoms in total. The molecule has 9 rings (SSSR count). The lowest BCUT2D eigenvalue weighted by Crippen LogP contribution is -2.00. The van der Waals surface area contributed by atoms with Crippen molar-refractivity contribution in [2.75, 3.05) is 0 Å². The molecule has 9 aromatic rings. The van der Waals surface area contributed by atoms with E-state index in [0.29, 0.717) is 28.6 Å². The monoisotopic (exact) mass is 626 g/mol. The average molecular weight is 627 g/mol. The first-order valence-corrected chi connectivity index (χ1v) is 16.1. The van der Waals surface area contributed by atoms with Crippen molar-refractivity contribution in [2.45, 2.75) is 0 Å². The van der Waals surface area contributed by atoms with Crippen molar-refractivity contribution in [1.29, 1.82) is 5.26 Å². The Morgan fingerprint density at radius 3 is 1.59 bits per heavy atom. The van der Waals surface area contributed by atoms with E-state index in [2.05, 4.69) is 66.7 Å². The van der Waals surface area contributed by atoms with E-state index < -0.39 is 0 Å². The van der Waals surface area contributed by atoms with Crippen molar-refractivity contribution in [3.8, 4) is 62.5 Å². The quantitative estimate of drug-likeness (QED) is 0.190. The molecule has 0 aliphatic heterocycles. The summed E-state index contributed by atoms with van der Waals surface area (Å²) in [4.78, 5) is 14.7. The summed E-state index contributed by atoms with van der Waals surface area (Å²) >= 11 is 0. The average Bonchev–Trinajstić information content (AvgIpc) is 3.57. The lowest BCUT2D eigenvalue weighted by Gasteiger charge is -2.12. The van der Waals surface area contributed by atoms with E-state index in [9.17, 15) is 5.26 Å². The minimum absolute atomic E-state index is 0.604. The van der Waals surface area contributed by atoms with Crippen molar-refractivity contribution in [3.05, 3.63) is 163 Å². The molecule has 49 heavy (non-hydrogen) atoms. The summed E-state index contributed by atoms with van der Waals surface area (Å²) < 4.78 is 6.35. The highest BCUT2D eigenvalue weighted by molar-refractivity contribution is 6.20. The molecule has 0 aliphatic carbocycles. The zero-order valence-corrected chi connectivity index (χ0v) is 26.2. The Labute approximate surface area is 282 Å². The number of rotatable bonds is 5. The van der Waals surface area contributed by atoms with Gasteiger partial charge in [0, 0.05) is 32.8 Å². The van der Waals surface area contributed by atoms with E-state index >= 15 is 0 Å². The van der Waals surface area contributed by atoms with Crippen LogP contribution in [0.15, 0.2) is 162 Å². The van der Waals surface area contributed by atoms with Gasteiger partial charge in [-0.2, -0.15) is 5.26 Å². The molecule has 2 aromatic heterocycles. The minimum atomic E-state index is 0.604.